The fourth-order valence-electron chi connectivity index (χ4n) is 2.04. The van der Waals surface area contributed by atoms with Gasteiger partial charge in [-0.3, -0.25) is 0 Å². The predicted molar refractivity (Wildman–Crippen MR) is 76.2 cm³/mol. The minimum Gasteiger partial charge on any atom is -0.598 e. The monoisotopic (exact) mass is 315 g/mol. The third-order valence-corrected chi connectivity index (χ3v) is 5.37. The Morgan fingerprint density at radius 2 is 2.12 bits per heavy atom. The van der Waals surface area contributed by atoms with E-state index in [0.29, 0.717) is 0 Å². The molecule has 1 N–H and O–H groups in total. The van der Waals surface area contributed by atoms with Crippen molar-refractivity contribution in [2.45, 2.75) is 44.4 Å². The Hall–Kier alpha value is -0.0300. The first-order chi connectivity index (χ1) is 7.89. The van der Waals surface area contributed by atoms with Crippen molar-refractivity contribution >= 4 is 27.3 Å². The Labute approximate surface area is 115 Å². The summed E-state index contributed by atoms with van der Waals surface area (Å²) in [4.78, 5) is 0. The average molecular weight is 316 g/mol. The molecular weight excluding hydrogens is 298 g/mol. The van der Waals surface area contributed by atoms with Gasteiger partial charge in [0.05, 0.1) is 6.04 Å². The third kappa shape index (κ3) is 2.87. The van der Waals surface area contributed by atoms with E-state index < -0.39 is 11.4 Å². The average Bonchev–Trinajstić information content (AvgIpc) is 2.62. The second-order valence-electron chi connectivity index (χ2n) is 5.40. The molecule has 0 unspecified atom stereocenters. The highest BCUT2D eigenvalue weighted by molar-refractivity contribution is 9.10. The van der Waals surface area contributed by atoms with E-state index in [2.05, 4.69) is 32.8 Å². The normalized spacial score (nSPS) is 21.4. The van der Waals surface area contributed by atoms with Crippen LogP contribution in [-0.4, -0.2) is 9.30 Å². The maximum absolute atomic E-state index is 12.1. The van der Waals surface area contributed by atoms with Gasteiger partial charge >= 0.3 is 0 Å². The molecule has 94 valence electrons. The SMILES string of the molecule is CC(C)(C)[S@@+]([O-])N[C@@H]1CCc2c(Br)cccc21. The lowest BCUT2D eigenvalue weighted by atomic mass is 10.1. The summed E-state index contributed by atoms with van der Waals surface area (Å²) in [6.45, 7) is 5.98. The van der Waals surface area contributed by atoms with Crippen LogP contribution >= 0.6 is 15.9 Å². The van der Waals surface area contributed by atoms with Gasteiger partial charge in [0.15, 0.2) is 0 Å². The van der Waals surface area contributed by atoms with Gasteiger partial charge < -0.3 is 4.55 Å². The van der Waals surface area contributed by atoms with Gasteiger partial charge in [0.25, 0.3) is 0 Å². The molecule has 0 amide bonds. The van der Waals surface area contributed by atoms with E-state index in [-0.39, 0.29) is 10.8 Å². The molecule has 0 radical (unpaired) electrons. The summed E-state index contributed by atoms with van der Waals surface area (Å²) < 4.78 is 16.3. The first kappa shape index (κ1) is 13.4. The minimum atomic E-state index is -1.01. The summed E-state index contributed by atoms with van der Waals surface area (Å²) in [7, 11) is 0. The van der Waals surface area contributed by atoms with Crippen LogP contribution in [0.3, 0.4) is 0 Å². The molecule has 1 aromatic carbocycles. The van der Waals surface area contributed by atoms with Gasteiger partial charge in [-0.2, -0.15) is 0 Å². The maximum atomic E-state index is 12.1. The zero-order valence-electron chi connectivity index (χ0n) is 10.4. The van der Waals surface area contributed by atoms with Crippen LogP contribution in [0.1, 0.15) is 44.4 Å². The van der Waals surface area contributed by atoms with Gasteiger partial charge in [0, 0.05) is 15.8 Å². The molecule has 2 rings (SSSR count). The Morgan fingerprint density at radius 3 is 2.76 bits per heavy atom. The van der Waals surface area contributed by atoms with Crippen molar-refractivity contribution in [3.05, 3.63) is 33.8 Å². The van der Waals surface area contributed by atoms with Crippen LogP contribution in [0.15, 0.2) is 22.7 Å². The van der Waals surface area contributed by atoms with Gasteiger partial charge in [0.2, 0.25) is 0 Å². The molecule has 1 aromatic rings. The van der Waals surface area contributed by atoms with Crippen molar-refractivity contribution in [2.24, 2.45) is 0 Å². The minimum absolute atomic E-state index is 0.214. The molecule has 0 spiro atoms. The summed E-state index contributed by atoms with van der Waals surface area (Å²) in [6, 6.07) is 6.47. The van der Waals surface area contributed by atoms with Crippen LogP contribution in [0.2, 0.25) is 0 Å². The Morgan fingerprint density at radius 1 is 1.41 bits per heavy atom. The zero-order chi connectivity index (χ0) is 12.6. The van der Waals surface area contributed by atoms with Gasteiger partial charge in [-0.25, -0.2) is 0 Å². The standard InChI is InChI=1S/C13H18BrNOS/c1-13(2,3)17(16)15-12-8-7-9-10(12)5-4-6-11(9)14/h4-6,12,15H,7-8H2,1-3H3/t12-,17-/m1/s1. The first-order valence-corrected chi connectivity index (χ1v) is 7.79. The van der Waals surface area contributed by atoms with Crippen molar-refractivity contribution < 1.29 is 4.55 Å². The summed E-state index contributed by atoms with van der Waals surface area (Å²) in [5.41, 5.74) is 2.65. The van der Waals surface area contributed by atoms with E-state index in [1.54, 1.807) is 0 Å². The third-order valence-electron chi connectivity index (χ3n) is 3.02. The quantitative estimate of drug-likeness (QED) is 0.848. The van der Waals surface area contributed by atoms with Gasteiger partial charge in [0.1, 0.15) is 4.75 Å². The molecule has 0 aliphatic heterocycles. The molecule has 2 nitrogen and oxygen atoms in total. The first-order valence-electron chi connectivity index (χ1n) is 5.85. The van der Waals surface area contributed by atoms with Crippen molar-refractivity contribution in [1.82, 2.24) is 4.72 Å². The molecular formula is C13H18BrNOS. The molecule has 4 heteroatoms. The van der Waals surface area contributed by atoms with Crippen molar-refractivity contribution in [3.63, 3.8) is 0 Å². The molecule has 0 bridgehead atoms. The highest BCUT2D eigenvalue weighted by Gasteiger charge is 2.33. The summed E-state index contributed by atoms with van der Waals surface area (Å²) in [5, 5.41) is 0. The Bertz CT molecular complexity index is 416. The lowest BCUT2D eigenvalue weighted by Gasteiger charge is -2.26. The van der Waals surface area contributed by atoms with Crippen molar-refractivity contribution in [2.75, 3.05) is 0 Å². The maximum Gasteiger partial charge on any atom is 0.136 e. The van der Waals surface area contributed by atoms with Crippen LogP contribution in [0.25, 0.3) is 0 Å². The largest absolute Gasteiger partial charge is 0.598 e. The summed E-state index contributed by atoms with van der Waals surface area (Å²) >= 11 is 2.57. The van der Waals surface area contributed by atoms with E-state index >= 15 is 0 Å². The Kier molecular flexibility index (Phi) is 3.88. The fraction of sp³-hybridized carbons (Fsp3) is 0.538. The lowest BCUT2D eigenvalue weighted by Crippen LogP contribution is -2.40. The van der Waals surface area contributed by atoms with E-state index in [1.165, 1.54) is 15.6 Å². The molecule has 0 heterocycles. The summed E-state index contributed by atoms with van der Waals surface area (Å²) in [5.74, 6) is 0. The van der Waals surface area contributed by atoms with E-state index in [9.17, 15) is 4.55 Å². The topological polar surface area (TPSA) is 35.1 Å². The van der Waals surface area contributed by atoms with E-state index in [0.717, 1.165) is 12.8 Å². The molecule has 2 atom stereocenters. The van der Waals surface area contributed by atoms with E-state index in [1.807, 2.05) is 26.8 Å². The molecule has 0 fully saturated rings. The zero-order valence-corrected chi connectivity index (χ0v) is 12.8. The van der Waals surface area contributed by atoms with E-state index in [4.69, 9.17) is 0 Å². The predicted octanol–water partition coefficient (Wildman–Crippen LogP) is 3.49. The van der Waals surface area contributed by atoms with Crippen LogP contribution in [0, 0.1) is 0 Å². The molecule has 17 heavy (non-hydrogen) atoms. The van der Waals surface area contributed by atoms with Crippen LogP contribution in [0.5, 0.6) is 0 Å². The number of halogens is 1. The summed E-state index contributed by atoms with van der Waals surface area (Å²) in [6.07, 6.45) is 2.08. The molecule has 1 aliphatic carbocycles. The van der Waals surface area contributed by atoms with Crippen LogP contribution in [-0.2, 0) is 17.8 Å². The number of fused-ring (bicyclic) bond motifs is 1. The number of rotatable bonds is 2. The highest BCUT2D eigenvalue weighted by atomic mass is 79.9. The van der Waals surface area contributed by atoms with Crippen LogP contribution in [0.4, 0.5) is 0 Å². The fourth-order valence-corrected chi connectivity index (χ4v) is 3.47. The van der Waals surface area contributed by atoms with Crippen LogP contribution < -0.4 is 4.72 Å². The smallest absolute Gasteiger partial charge is 0.136 e. The number of hydrogen-bond donors (Lipinski definition) is 1. The number of hydrogen-bond acceptors (Lipinski definition) is 2. The second kappa shape index (κ2) is 4.92. The second-order valence-corrected chi connectivity index (χ2v) is 8.25. The number of nitrogens with one attached hydrogen (secondary N) is 1. The van der Waals surface area contributed by atoms with Gasteiger partial charge in [-0.15, -0.1) is 4.72 Å². The number of benzene rings is 1. The molecule has 0 saturated carbocycles. The molecule has 1 aliphatic rings. The van der Waals surface area contributed by atoms with Gasteiger partial charge in [-0.1, -0.05) is 28.1 Å². The van der Waals surface area contributed by atoms with Crippen molar-refractivity contribution in [3.8, 4) is 0 Å². The molecule has 0 saturated heterocycles. The highest BCUT2D eigenvalue weighted by Crippen LogP contribution is 2.36. The molecule has 0 aromatic heterocycles. The van der Waals surface area contributed by atoms with Crippen molar-refractivity contribution in [1.29, 1.82) is 0 Å². The van der Waals surface area contributed by atoms with Gasteiger partial charge in [-0.05, 0) is 50.8 Å². The lowest BCUT2D eigenvalue weighted by molar-refractivity contribution is 0.522. The Balaban J connectivity index is 2.15.